The molecular formula is C15H22N6O2. The fourth-order valence-corrected chi connectivity index (χ4v) is 1.87. The Balaban J connectivity index is 2.08. The van der Waals surface area contributed by atoms with E-state index in [-0.39, 0.29) is 0 Å². The van der Waals surface area contributed by atoms with Gasteiger partial charge in [-0.15, -0.1) is 5.10 Å². The van der Waals surface area contributed by atoms with Crippen LogP contribution in [-0.2, 0) is 0 Å². The molecule has 8 nitrogen and oxygen atoms in total. The van der Waals surface area contributed by atoms with E-state index in [0.717, 1.165) is 18.8 Å². The first-order valence-corrected chi connectivity index (χ1v) is 7.19. The Labute approximate surface area is 135 Å². The van der Waals surface area contributed by atoms with Crippen molar-refractivity contribution >= 4 is 17.5 Å². The van der Waals surface area contributed by atoms with E-state index in [2.05, 4.69) is 30.7 Å². The van der Waals surface area contributed by atoms with E-state index >= 15 is 0 Å². The van der Waals surface area contributed by atoms with Crippen molar-refractivity contribution < 1.29 is 9.47 Å². The predicted molar refractivity (Wildman–Crippen MR) is 89.7 cm³/mol. The third kappa shape index (κ3) is 4.96. The molecule has 1 heterocycles. The van der Waals surface area contributed by atoms with Gasteiger partial charge in [-0.3, -0.25) is 0 Å². The van der Waals surface area contributed by atoms with Crippen LogP contribution < -0.4 is 20.1 Å². The lowest BCUT2D eigenvalue weighted by Crippen LogP contribution is -2.21. The molecule has 2 aromatic rings. The lowest BCUT2D eigenvalue weighted by atomic mass is 10.2. The first kappa shape index (κ1) is 16.8. The fourth-order valence-electron chi connectivity index (χ4n) is 1.87. The van der Waals surface area contributed by atoms with E-state index in [4.69, 9.17) is 9.47 Å². The Morgan fingerprint density at radius 3 is 2.70 bits per heavy atom. The molecule has 23 heavy (non-hydrogen) atoms. The lowest BCUT2D eigenvalue weighted by molar-refractivity contribution is 0.395. The number of nitrogens with zero attached hydrogens (tertiary/aromatic N) is 4. The number of ether oxygens (including phenoxy) is 2. The summed E-state index contributed by atoms with van der Waals surface area (Å²) in [5.74, 6) is 2.41. The second kappa shape index (κ2) is 8.14. The minimum Gasteiger partial charge on any atom is -0.497 e. The average molecular weight is 318 g/mol. The van der Waals surface area contributed by atoms with Crippen molar-refractivity contribution in [1.29, 1.82) is 0 Å². The molecule has 0 amide bonds. The van der Waals surface area contributed by atoms with Crippen LogP contribution in [0.4, 0.5) is 17.5 Å². The van der Waals surface area contributed by atoms with Crippen LogP contribution in [-0.4, -0.2) is 61.5 Å². The van der Waals surface area contributed by atoms with Crippen LogP contribution in [0.15, 0.2) is 24.4 Å². The molecule has 0 aliphatic rings. The van der Waals surface area contributed by atoms with Crippen molar-refractivity contribution in [2.24, 2.45) is 0 Å². The highest BCUT2D eigenvalue weighted by molar-refractivity contribution is 5.64. The second-order valence-corrected chi connectivity index (χ2v) is 5.09. The highest BCUT2D eigenvalue weighted by Crippen LogP contribution is 2.30. The molecular weight excluding hydrogens is 296 g/mol. The molecule has 1 aromatic heterocycles. The van der Waals surface area contributed by atoms with E-state index in [1.807, 2.05) is 26.2 Å². The SMILES string of the molecule is COc1ccc(Nc2nncc(NCCN(C)C)n2)c(OC)c1. The van der Waals surface area contributed by atoms with E-state index < -0.39 is 0 Å². The maximum absolute atomic E-state index is 5.34. The number of aromatic nitrogens is 3. The van der Waals surface area contributed by atoms with Gasteiger partial charge in [-0.05, 0) is 26.2 Å². The van der Waals surface area contributed by atoms with Crippen molar-refractivity contribution in [2.75, 3.05) is 52.0 Å². The molecule has 0 aliphatic heterocycles. The zero-order valence-corrected chi connectivity index (χ0v) is 13.8. The molecule has 0 spiro atoms. The Kier molecular flexibility index (Phi) is 5.93. The zero-order valence-electron chi connectivity index (χ0n) is 13.8. The van der Waals surface area contributed by atoms with Crippen LogP contribution in [0.1, 0.15) is 0 Å². The molecule has 0 atom stereocenters. The third-order valence-electron chi connectivity index (χ3n) is 3.08. The predicted octanol–water partition coefficient (Wildman–Crippen LogP) is 1.61. The van der Waals surface area contributed by atoms with Gasteiger partial charge in [0.1, 0.15) is 11.5 Å². The second-order valence-electron chi connectivity index (χ2n) is 5.09. The maximum Gasteiger partial charge on any atom is 0.249 e. The Hall–Kier alpha value is -2.61. The molecule has 2 N–H and O–H groups in total. The minimum atomic E-state index is 0.392. The van der Waals surface area contributed by atoms with Gasteiger partial charge in [0.2, 0.25) is 5.95 Å². The molecule has 0 radical (unpaired) electrons. The zero-order chi connectivity index (χ0) is 16.7. The van der Waals surface area contributed by atoms with Crippen LogP contribution >= 0.6 is 0 Å². The average Bonchev–Trinajstić information content (AvgIpc) is 2.55. The third-order valence-corrected chi connectivity index (χ3v) is 3.08. The van der Waals surface area contributed by atoms with Gasteiger partial charge in [-0.1, -0.05) is 0 Å². The monoisotopic (exact) mass is 318 g/mol. The van der Waals surface area contributed by atoms with Crippen molar-refractivity contribution in [3.8, 4) is 11.5 Å². The fraction of sp³-hybridized carbons (Fsp3) is 0.400. The molecule has 0 fully saturated rings. The summed E-state index contributed by atoms with van der Waals surface area (Å²) in [5, 5.41) is 14.2. The maximum atomic E-state index is 5.34. The largest absolute Gasteiger partial charge is 0.497 e. The Morgan fingerprint density at radius 1 is 1.17 bits per heavy atom. The number of hydrogen-bond acceptors (Lipinski definition) is 8. The lowest BCUT2D eigenvalue weighted by Gasteiger charge is -2.12. The molecule has 0 saturated carbocycles. The van der Waals surface area contributed by atoms with Crippen molar-refractivity contribution in [3.63, 3.8) is 0 Å². The van der Waals surface area contributed by atoms with E-state index in [1.54, 1.807) is 26.5 Å². The number of methoxy groups -OCH3 is 2. The minimum absolute atomic E-state index is 0.392. The van der Waals surface area contributed by atoms with Crippen LogP contribution in [0.25, 0.3) is 0 Å². The highest BCUT2D eigenvalue weighted by atomic mass is 16.5. The molecule has 8 heteroatoms. The van der Waals surface area contributed by atoms with Crippen molar-refractivity contribution in [1.82, 2.24) is 20.1 Å². The van der Waals surface area contributed by atoms with Crippen LogP contribution in [0.2, 0.25) is 0 Å². The molecule has 0 saturated heterocycles. The van der Waals surface area contributed by atoms with Gasteiger partial charge in [0.15, 0.2) is 5.82 Å². The number of benzene rings is 1. The summed E-state index contributed by atoms with van der Waals surface area (Å²) in [5.41, 5.74) is 0.737. The molecule has 2 rings (SSSR count). The number of anilines is 3. The number of hydrogen-bond donors (Lipinski definition) is 2. The van der Waals surface area contributed by atoms with Gasteiger partial charge in [0, 0.05) is 19.2 Å². The van der Waals surface area contributed by atoms with Crippen molar-refractivity contribution in [3.05, 3.63) is 24.4 Å². The van der Waals surface area contributed by atoms with Crippen LogP contribution in [0, 0.1) is 0 Å². The normalized spacial score (nSPS) is 10.5. The number of rotatable bonds is 8. The topological polar surface area (TPSA) is 84.4 Å². The standard InChI is InChI=1S/C15H22N6O2/c1-21(2)8-7-16-14-10-17-20-15(19-14)18-12-6-5-11(22-3)9-13(12)23-4/h5-6,9-10H,7-8H2,1-4H3,(H2,16,18,19,20). The van der Waals surface area contributed by atoms with E-state index in [9.17, 15) is 0 Å². The van der Waals surface area contributed by atoms with Gasteiger partial charge in [-0.25, -0.2) is 0 Å². The van der Waals surface area contributed by atoms with Gasteiger partial charge < -0.3 is 25.0 Å². The van der Waals surface area contributed by atoms with E-state index in [1.165, 1.54) is 0 Å². The quantitative estimate of drug-likeness (QED) is 0.759. The van der Waals surface area contributed by atoms with E-state index in [0.29, 0.717) is 23.3 Å². The smallest absolute Gasteiger partial charge is 0.249 e. The summed E-state index contributed by atoms with van der Waals surface area (Å²) in [6.45, 7) is 1.68. The summed E-state index contributed by atoms with van der Waals surface area (Å²) in [6, 6.07) is 5.46. The summed E-state index contributed by atoms with van der Waals surface area (Å²) in [4.78, 5) is 6.47. The first-order valence-electron chi connectivity index (χ1n) is 7.19. The molecule has 1 aromatic carbocycles. The molecule has 0 unspecified atom stereocenters. The van der Waals surface area contributed by atoms with Crippen molar-refractivity contribution in [2.45, 2.75) is 0 Å². The first-order chi connectivity index (χ1) is 11.1. The Morgan fingerprint density at radius 2 is 2.00 bits per heavy atom. The summed E-state index contributed by atoms with van der Waals surface area (Å²) in [7, 11) is 7.24. The molecule has 0 aliphatic carbocycles. The van der Waals surface area contributed by atoms with Gasteiger partial charge in [-0.2, -0.15) is 10.1 Å². The summed E-state index contributed by atoms with van der Waals surface area (Å²) >= 11 is 0. The molecule has 124 valence electrons. The number of nitrogens with one attached hydrogen (secondary N) is 2. The summed E-state index contributed by atoms with van der Waals surface area (Å²) in [6.07, 6.45) is 1.59. The van der Waals surface area contributed by atoms with Gasteiger partial charge >= 0.3 is 0 Å². The van der Waals surface area contributed by atoms with Crippen LogP contribution in [0.5, 0.6) is 11.5 Å². The summed E-state index contributed by atoms with van der Waals surface area (Å²) < 4.78 is 10.5. The Bertz CT molecular complexity index is 635. The molecule has 0 bridgehead atoms. The van der Waals surface area contributed by atoms with Crippen LogP contribution in [0.3, 0.4) is 0 Å². The highest BCUT2D eigenvalue weighted by Gasteiger charge is 2.08. The van der Waals surface area contributed by atoms with Gasteiger partial charge in [0.05, 0.1) is 26.1 Å². The number of likely N-dealkylation sites (N-methyl/N-ethyl adjacent to an activating group) is 1. The van der Waals surface area contributed by atoms with Gasteiger partial charge in [0.25, 0.3) is 0 Å².